The maximum Gasteiger partial charge on any atom is 0.306 e. The first-order chi connectivity index (χ1) is 27.5. The number of esters is 2. The van der Waals surface area contributed by atoms with Gasteiger partial charge in [0.1, 0.15) is 55.4 Å². The largest absolute Gasteiger partial charge is 0.462 e. The third-order valence-electron chi connectivity index (χ3n) is 10.5. The molecule has 2 saturated heterocycles. The molecule has 11 unspecified atom stereocenters. The van der Waals surface area contributed by atoms with E-state index in [-0.39, 0.29) is 26.1 Å². The van der Waals surface area contributed by atoms with Gasteiger partial charge in [0.15, 0.2) is 18.7 Å². The second-order valence-corrected chi connectivity index (χ2v) is 15.5. The molecule has 0 spiro atoms. The van der Waals surface area contributed by atoms with Gasteiger partial charge in [0.05, 0.1) is 19.8 Å². The minimum Gasteiger partial charge on any atom is -0.462 e. The topological polar surface area (TPSA) is 231 Å². The van der Waals surface area contributed by atoms with Crippen molar-refractivity contribution in [3.63, 3.8) is 0 Å². The number of aliphatic hydroxyl groups excluding tert-OH is 7. The molecule has 0 aromatic carbocycles. The van der Waals surface area contributed by atoms with Crippen LogP contribution in [0.4, 0.5) is 0 Å². The second kappa shape index (κ2) is 31.2. The Hall–Kier alpha value is -1.76. The number of carbonyl (C=O) groups is 2. The van der Waals surface area contributed by atoms with Crippen LogP contribution in [0, 0.1) is 0 Å². The van der Waals surface area contributed by atoms with E-state index in [0.717, 1.165) is 32.1 Å². The van der Waals surface area contributed by atoms with Crippen LogP contribution in [-0.2, 0) is 38.0 Å². The van der Waals surface area contributed by atoms with Crippen LogP contribution in [-0.4, -0.2) is 142 Å². The molecule has 0 aromatic heterocycles. The molecule has 7 N–H and O–H groups in total. The van der Waals surface area contributed by atoms with Gasteiger partial charge in [0, 0.05) is 12.8 Å². The summed E-state index contributed by atoms with van der Waals surface area (Å²) in [6.45, 7) is 2.30. The molecule has 2 aliphatic heterocycles. The summed E-state index contributed by atoms with van der Waals surface area (Å²) < 4.78 is 33.0. The third-order valence-corrected chi connectivity index (χ3v) is 10.5. The summed E-state index contributed by atoms with van der Waals surface area (Å²) in [7, 11) is 0. The van der Waals surface area contributed by atoms with Gasteiger partial charge in [-0.05, 0) is 38.5 Å². The predicted octanol–water partition coefficient (Wildman–Crippen LogP) is 3.87. The molecule has 0 saturated carbocycles. The van der Waals surface area contributed by atoms with Crippen molar-refractivity contribution >= 4 is 11.9 Å². The van der Waals surface area contributed by atoms with Gasteiger partial charge in [-0.3, -0.25) is 9.59 Å². The van der Waals surface area contributed by atoms with Crippen LogP contribution >= 0.6 is 0 Å². The minimum absolute atomic E-state index is 0.164. The highest BCUT2D eigenvalue weighted by Crippen LogP contribution is 2.26. The first kappa shape index (κ1) is 51.4. The van der Waals surface area contributed by atoms with E-state index in [4.69, 9.17) is 28.4 Å². The smallest absolute Gasteiger partial charge is 0.306 e. The summed E-state index contributed by atoms with van der Waals surface area (Å²) in [5.41, 5.74) is 0. The average Bonchev–Trinajstić information content (AvgIpc) is 3.20. The molecular formula is C42H76O15. The number of carbonyl (C=O) groups excluding carboxylic acids is 2. The molecule has 2 heterocycles. The van der Waals surface area contributed by atoms with E-state index < -0.39 is 92.7 Å². The van der Waals surface area contributed by atoms with Crippen molar-refractivity contribution in [2.24, 2.45) is 0 Å². The summed E-state index contributed by atoms with van der Waals surface area (Å²) >= 11 is 0. The molecule has 0 aliphatic carbocycles. The normalized spacial score (nSPS) is 28.4. The Morgan fingerprint density at radius 3 is 1.58 bits per heavy atom. The van der Waals surface area contributed by atoms with Crippen molar-refractivity contribution in [3.05, 3.63) is 12.2 Å². The predicted molar refractivity (Wildman–Crippen MR) is 211 cm³/mol. The summed E-state index contributed by atoms with van der Waals surface area (Å²) in [6, 6.07) is 0. The minimum atomic E-state index is -1.76. The molecule has 2 fully saturated rings. The molecule has 57 heavy (non-hydrogen) atoms. The highest BCUT2D eigenvalue weighted by molar-refractivity contribution is 5.70. The Balaban J connectivity index is 1.72. The first-order valence-corrected chi connectivity index (χ1v) is 21.8. The summed E-state index contributed by atoms with van der Waals surface area (Å²) in [6.07, 6.45) is 9.75. The molecule has 334 valence electrons. The van der Waals surface area contributed by atoms with Gasteiger partial charge >= 0.3 is 11.9 Å². The third kappa shape index (κ3) is 20.9. The Morgan fingerprint density at radius 2 is 1.02 bits per heavy atom. The van der Waals surface area contributed by atoms with E-state index in [1.807, 2.05) is 6.92 Å². The second-order valence-electron chi connectivity index (χ2n) is 15.5. The molecule has 11 atom stereocenters. The Kier molecular flexibility index (Phi) is 28.1. The van der Waals surface area contributed by atoms with Crippen LogP contribution in [0.3, 0.4) is 0 Å². The first-order valence-electron chi connectivity index (χ1n) is 21.8. The number of hydrogen-bond donors (Lipinski definition) is 7. The molecule has 15 heteroatoms. The maximum absolute atomic E-state index is 12.8. The number of ether oxygens (including phenoxy) is 6. The average molecular weight is 821 g/mol. The number of unbranched alkanes of at least 4 members (excludes halogenated alkanes) is 16. The molecule has 0 radical (unpaired) electrons. The van der Waals surface area contributed by atoms with E-state index in [1.165, 1.54) is 77.0 Å². The quantitative estimate of drug-likeness (QED) is 0.0290. The lowest BCUT2D eigenvalue weighted by Crippen LogP contribution is -2.61. The standard InChI is InChI=1S/C42H76O15/c1-3-5-7-8-9-10-11-12-13-14-15-16-17-18-19-20-21-22-23-25-34(45)55-30(27-52-33(44)24-6-4-2)28-53-41-40(51)38(49)36(47)32(57-41)29-54-42-39(50)37(48)35(46)31(26-43)56-42/h12-13,30-32,35-43,46-51H,3-11,14-29H2,1-2H3/b13-12-. The summed E-state index contributed by atoms with van der Waals surface area (Å²) in [5.74, 6) is -0.966. The molecule has 2 rings (SSSR count). The summed E-state index contributed by atoms with van der Waals surface area (Å²) in [5, 5.41) is 71.4. The van der Waals surface area contributed by atoms with Crippen molar-refractivity contribution in [3.8, 4) is 0 Å². The zero-order valence-corrected chi connectivity index (χ0v) is 34.6. The van der Waals surface area contributed by atoms with Crippen LogP contribution in [0.15, 0.2) is 12.2 Å². The molecule has 2 aliphatic rings. The SMILES string of the molecule is CCCCCCCC/C=C\CCCCCCCCCCCC(=O)OC(COC(=O)CCCC)COC1OC(COC2OC(CO)C(O)C(O)C2O)C(O)C(O)C1O. The lowest BCUT2D eigenvalue weighted by atomic mass is 9.98. The van der Waals surface area contributed by atoms with Crippen LogP contribution < -0.4 is 0 Å². The Bertz CT molecular complexity index is 1060. The Morgan fingerprint density at radius 1 is 0.544 bits per heavy atom. The zero-order chi connectivity index (χ0) is 41.8. The van der Waals surface area contributed by atoms with Gasteiger partial charge < -0.3 is 64.2 Å². The van der Waals surface area contributed by atoms with Crippen LogP contribution in [0.25, 0.3) is 0 Å². The van der Waals surface area contributed by atoms with Crippen molar-refractivity contribution in [1.29, 1.82) is 0 Å². The zero-order valence-electron chi connectivity index (χ0n) is 34.6. The van der Waals surface area contributed by atoms with Crippen molar-refractivity contribution in [1.82, 2.24) is 0 Å². The molecule has 15 nitrogen and oxygen atoms in total. The highest BCUT2D eigenvalue weighted by atomic mass is 16.7. The van der Waals surface area contributed by atoms with E-state index >= 15 is 0 Å². The van der Waals surface area contributed by atoms with Gasteiger partial charge in [-0.2, -0.15) is 0 Å². The fraction of sp³-hybridized carbons (Fsp3) is 0.905. The monoisotopic (exact) mass is 821 g/mol. The Labute approximate surface area is 340 Å². The molecular weight excluding hydrogens is 744 g/mol. The van der Waals surface area contributed by atoms with Gasteiger partial charge in [-0.25, -0.2) is 0 Å². The van der Waals surface area contributed by atoms with Gasteiger partial charge in [0.25, 0.3) is 0 Å². The van der Waals surface area contributed by atoms with E-state index in [0.29, 0.717) is 12.8 Å². The molecule has 0 bridgehead atoms. The van der Waals surface area contributed by atoms with Crippen LogP contribution in [0.1, 0.15) is 149 Å². The van der Waals surface area contributed by atoms with Gasteiger partial charge in [-0.15, -0.1) is 0 Å². The highest BCUT2D eigenvalue weighted by Gasteiger charge is 2.47. The van der Waals surface area contributed by atoms with Gasteiger partial charge in [0.2, 0.25) is 0 Å². The van der Waals surface area contributed by atoms with Crippen molar-refractivity contribution < 1.29 is 73.8 Å². The van der Waals surface area contributed by atoms with Gasteiger partial charge in [-0.1, -0.05) is 109 Å². The fourth-order valence-corrected chi connectivity index (χ4v) is 6.78. The number of hydrogen-bond acceptors (Lipinski definition) is 15. The van der Waals surface area contributed by atoms with Crippen molar-refractivity contribution in [2.45, 2.75) is 216 Å². The number of allylic oxidation sites excluding steroid dienone is 2. The lowest BCUT2D eigenvalue weighted by Gasteiger charge is -2.42. The number of aliphatic hydroxyl groups is 7. The van der Waals surface area contributed by atoms with E-state index in [1.54, 1.807) is 0 Å². The maximum atomic E-state index is 12.8. The lowest BCUT2D eigenvalue weighted by molar-refractivity contribution is -0.332. The molecule has 0 aromatic rings. The van der Waals surface area contributed by atoms with E-state index in [9.17, 15) is 45.3 Å². The van der Waals surface area contributed by atoms with Crippen LogP contribution in [0.5, 0.6) is 0 Å². The fourth-order valence-electron chi connectivity index (χ4n) is 6.78. The molecule has 0 amide bonds. The van der Waals surface area contributed by atoms with Crippen LogP contribution in [0.2, 0.25) is 0 Å². The number of rotatable bonds is 32. The summed E-state index contributed by atoms with van der Waals surface area (Å²) in [4.78, 5) is 25.0. The van der Waals surface area contributed by atoms with E-state index in [2.05, 4.69) is 19.1 Å². The van der Waals surface area contributed by atoms with Crippen molar-refractivity contribution in [2.75, 3.05) is 26.4 Å².